The molecule has 1 aromatic carbocycles. The molecule has 1 aromatic heterocycles. The largest absolute Gasteiger partial charge is 0.384 e. The third kappa shape index (κ3) is 2.28. The maximum Gasteiger partial charge on any atom is 0.125 e. The molecule has 0 bridgehead atoms. The molecule has 16 heavy (non-hydrogen) atoms. The first-order valence-electron chi connectivity index (χ1n) is 4.90. The summed E-state index contributed by atoms with van der Waals surface area (Å²) in [4.78, 5) is 3.89. The van der Waals surface area contributed by atoms with Crippen molar-refractivity contribution in [3.05, 3.63) is 47.9 Å². The first kappa shape index (κ1) is 10.4. The zero-order valence-corrected chi connectivity index (χ0v) is 8.87. The van der Waals surface area contributed by atoms with Crippen LogP contribution in [0.2, 0.25) is 0 Å². The van der Waals surface area contributed by atoms with Crippen molar-refractivity contribution >= 4 is 17.2 Å². The fraction of sp³-hybridized carbons (Fsp3) is 0.0833. The van der Waals surface area contributed by atoms with E-state index in [0.29, 0.717) is 5.82 Å². The Hall–Kier alpha value is -2.10. The summed E-state index contributed by atoms with van der Waals surface area (Å²) < 4.78 is 13.1. The maximum atomic E-state index is 13.1. The zero-order valence-electron chi connectivity index (χ0n) is 8.87. The number of hydrogen-bond acceptors (Lipinski definition) is 3. The van der Waals surface area contributed by atoms with Gasteiger partial charge in [-0.3, -0.25) is 0 Å². The summed E-state index contributed by atoms with van der Waals surface area (Å²) in [5, 5.41) is 3.09. The van der Waals surface area contributed by atoms with Gasteiger partial charge in [-0.15, -0.1) is 0 Å². The van der Waals surface area contributed by atoms with Gasteiger partial charge in [0.15, 0.2) is 0 Å². The van der Waals surface area contributed by atoms with Crippen LogP contribution in [0.1, 0.15) is 5.56 Å². The quantitative estimate of drug-likeness (QED) is 0.813. The van der Waals surface area contributed by atoms with E-state index in [1.54, 1.807) is 24.4 Å². The number of hydrogen-bond donors (Lipinski definition) is 2. The van der Waals surface area contributed by atoms with Crippen LogP contribution in [-0.2, 0) is 0 Å². The summed E-state index contributed by atoms with van der Waals surface area (Å²) in [5.41, 5.74) is 8.04. The highest BCUT2D eigenvalue weighted by Crippen LogP contribution is 2.21. The van der Waals surface area contributed by atoms with Crippen LogP contribution in [0.3, 0.4) is 0 Å². The molecular formula is C12H12FN3. The van der Waals surface area contributed by atoms with Crippen LogP contribution in [0.25, 0.3) is 0 Å². The number of anilines is 3. The highest BCUT2D eigenvalue weighted by atomic mass is 19.1. The number of nitrogens with one attached hydrogen (secondary N) is 1. The summed E-state index contributed by atoms with van der Waals surface area (Å²) in [7, 11) is 0. The van der Waals surface area contributed by atoms with Crippen LogP contribution < -0.4 is 11.1 Å². The monoisotopic (exact) mass is 217 g/mol. The lowest BCUT2D eigenvalue weighted by Crippen LogP contribution is -1.96. The van der Waals surface area contributed by atoms with Crippen molar-refractivity contribution < 1.29 is 4.39 Å². The molecule has 3 nitrogen and oxygen atoms in total. The molecule has 2 aromatic rings. The van der Waals surface area contributed by atoms with Crippen molar-refractivity contribution in [2.45, 2.75) is 6.92 Å². The van der Waals surface area contributed by atoms with Crippen molar-refractivity contribution in [1.82, 2.24) is 4.98 Å². The summed E-state index contributed by atoms with van der Waals surface area (Å²) in [6.07, 6.45) is 1.60. The third-order valence-electron chi connectivity index (χ3n) is 2.26. The number of pyridine rings is 1. The first-order valence-corrected chi connectivity index (χ1v) is 4.90. The van der Waals surface area contributed by atoms with E-state index in [-0.39, 0.29) is 5.82 Å². The number of nitrogens with zero attached hydrogens (tertiary/aromatic N) is 1. The van der Waals surface area contributed by atoms with E-state index in [9.17, 15) is 4.39 Å². The fourth-order valence-electron chi connectivity index (χ4n) is 1.41. The van der Waals surface area contributed by atoms with Crippen molar-refractivity contribution in [2.24, 2.45) is 0 Å². The van der Waals surface area contributed by atoms with E-state index in [2.05, 4.69) is 10.3 Å². The molecule has 1 heterocycles. The Morgan fingerprint density at radius 1 is 1.25 bits per heavy atom. The number of benzene rings is 1. The summed E-state index contributed by atoms with van der Waals surface area (Å²) in [6, 6.07) is 8.08. The minimum atomic E-state index is -0.268. The topological polar surface area (TPSA) is 50.9 Å². The van der Waals surface area contributed by atoms with Crippen LogP contribution in [0.4, 0.5) is 21.6 Å². The molecule has 0 spiro atoms. The van der Waals surface area contributed by atoms with Crippen molar-refractivity contribution in [3.8, 4) is 0 Å². The molecule has 0 atom stereocenters. The average Bonchev–Trinajstić information content (AvgIpc) is 2.24. The lowest BCUT2D eigenvalue weighted by Gasteiger charge is -2.09. The normalized spacial score (nSPS) is 10.1. The molecule has 0 saturated heterocycles. The second-order valence-electron chi connectivity index (χ2n) is 3.55. The molecule has 0 radical (unpaired) electrons. The van der Waals surface area contributed by atoms with Gasteiger partial charge < -0.3 is 11.1 Å². The zero-order chi connectivity index (χ0) is 11.5. The predicted octanol–water partition coefficient (Wildman–Crippen LogP) is 2.85. The lowest BCUT2D eigenvalue weighted by atomic mass is 10.2. The Morgan fingerprint density at radius 2 is 2.06 bits per heavy atom. The SMILES string of the molecule is Cc1ccc(F)cc1Nc1ccnc(N)c1. The molecule has 3 N–H and O–H groups in total. The Bertz CT molecular complexity index is 511. The first-order chi connectivity index (χ1) is 7.65. The van der Waals surface area contributed by atoms with Gasteiger partial charge >= 0.3 is 0 Å². The third-order valence-corrected chi connectivity index (χ3v) is 2.26. The van der Waals surface area contributed by atoms with E-state index >= 15 is 0 Å². The van der Waals surface area contributed by atoms with Gasteiger partial charge in [0.25, 0.3) is 0 Å². The van der Waals surface area contributed by atoms with Gasteiger partial charge in [0.1, 0.15) is 11.6 Å². The molecule has 4 heteroatoms. The van der Waals surface area contributed by atoms with Crippen LogP contribution >= 0.6 is 0 Å². The van der Waals surface area contributed by atoms with Gasteiger partial charge in [0.05, 0.1) is 0 Å². The molecule has 0 amide bonds. The molecular weight excluding hydrogens is 205 g/mol. The van der Waals surface area contributed by atoms with Gasteiger partial charge in [0.2, 0.25) is 0 Å². The van der Waals surface area contributed by atoms with E-state index in [0.717, 1.165) is 16.9 Å². The van der Waals surface area contributed by atoms with Crippen molar-refractivity contribution in [1.29, 1.82) is 0 Å². The molecule has 0 aliphatic carbocycles. The molecule has 0 aliphatic heterocycles. The van der Waals surface area contributed by atoms with Gasteiger partial charge in [-0.25, -0.2) is 9.37 Å². The van der Waals surface area contributed by atoms with Crippen LogP contribution in [-0.4, -0.2) is 4.98 Å². The van der Waals surface area contributed by atoms with Gasteiger partial charge in [0, 0.05) is 23.6 Å². The van der Waals surface area contributed by atoms with Gasteiger partial charge in [-0.2, -0.15) is 0 Å². The number of halogens is 1. The lowest BCUT2D eigenvalue weighted by molar-refractivity contribution is 0.628. The molecule has 0 fully saturated rings. The highest BCUT2D eigenvalue weighted by Gasteiger charge is 2.01. The van der Waals surface area contributed by atoms with Crippen molar-refractivity contribution in [3.63, 3.8) is 0 Å². The van der Waals surface area contributed by atoms with Crippen LogP contribution in [0.15, 0.2) is 36.5 Å². The Kier molecular flexibility index (Phi) is 2.72. The average molecular weight is 217 g/mol. The summed E-state index contributed by atoms with van der Waals surface area (Å²) in [5.74, 6) is 0.161. The van der Waals surface area contributed by atoms with Crippen molar-refractivity contribution in [2.75, 3.05) is 11.1 Å². The Labute approximate surface area is 93.1 Å². The van der Waals surface area contributed by atoms with E-state index in [1.165, 1.54) is 12.1 Å². The van der Waals surface area contributed by atoms with E-state index in [4.69, 9.17) is 5.73 Å². The predicted molar refractivity (Wildman–Crippen MR) is 63.1 cm³/mol. The minimum absolute atomic E-state index is 0.268. The summed E-state index contributed by atoms with van der Waals surface area (Å²) >= 11 is 0. The number of nitrogen functional groups attached to an aromatic ring is 1. The number of aryl methyl sites for hydroxylation is 1. The van der Waals surface area contributed by atoms with Gasteiger partial charge in [-0.1, -0.05) is 6.07 Å². The number of aromatic nitrogens is 1. The van der Waals surface area contributed by atoms with Crippen LogP contribution in [0.5, 0.6) is 0 Å². The maximum absolute atomic E-state index is 13.1. The second kappa shape index (κ2) is 4.18. The number of rotatable bonds is 2. The standard InChI is InChI=1S/C12H12FN3/c1-8-2-3-9(13)6-11(8)16-10-4-5-15-12(14)7-10/h2-7H,1H3,(H3,14,15,16). The smallest absolute Gasteiger partial charge is 0.125 e. The second-order valence-corrected chi connectivity index (χ2v) is 3.55. The highest BCUT2D eigenvalue weighted by molar-refractivity contribution is 5.64. The molecule has 82 valence electrons. The molecule has 0 aliphatic rings. The Balaban J connectivity index is 2.30. The van der Waals surface area contributed by atoms with Crippen LogP contribution in [0, 0.1) is 12.7 Å². The Morgan fingerprint density at radius 3 is 2.81 bits per heavy atom. The fourth-order valence-corrected chi connectivity index (χ4v) is 1.41. The minimum Gasteiger partial charge on any atom is -0.384 e. The molecule has 0 saturated carbocycles. The van der Waals surface area contributed by atoms with E-state index in [1.807, 2.05) is 6.92 Å². The molecule has 2 rings (SSSR count). The number of nitrogens with two attached hydrogens (primary N) is 1. The van der Waals surface area contributed by atoms with Gasteiger partial charge in [-0.05, 0) is 30.7 Å². The molecule has 0 unspecified atom stereocenters. The van der Waals surface area contributed by atoms with E-state index < -0.39 is 0 Å². The summed E-state index contributed by atoms with van der Waals surface area (Å²) in [6.45, 7) is 1.91.